The van der Waals surface area contributed by atoms with Crippen molar-refractivity contribution < 1.29 is 9.53 Å². The van der Waals surface area contributed by atoms with Gasteiger partial charge >= 0.3 is 0 Å². The van der Waals surface area contributed by atoms with Crippen LogP contribution in [0.5, 0.6) is 0 Å². The highest BCUT2D eigenvalue weighted by Gasteiger charge is 2.30. The molecule has 1 saturated heterocycles. The number of ether oxygens (including phenoxy) is 1. The lowest BCUT2D eigenvalue weighted by atomic mass is 9.95. The number of anilines is 2. The van der Waals surface area contributed by atoms with E-state index in [1.807, 2.05) is 36.1 Å². The second-order valence-corrected chi connectivity index (χ2v) is 9.62. The molecule has 7 heteroatoms. The molecule has 33 heavy (non-hydrogen) atoms. The van der Waals surface area contributed by atoms with Crippen LogP contribution >= 0.6 is 0 Å². The van der Waals surface area contributed by atoms with Crippen LogP contribution in [0.25, 0.3) is 0 Å². The van der Waals surface area contributed by atoms with E-state index >= 15 is 0 Å². The van der Waals surface area contributed by atoms with E-state index in [9.17, 15) is 4.79 Å². The van der Waals surface area contributed by atoms with E-state index in [1.165, 1.54) is 32.1 Å². The number of carbonyl (C=O) groups is 1. The van der Waals surface area contributed by atoms with Gasteiger partial charge in [-0.3, -0.25) is 4.79 Å². The molecule has 1 aromatic heterocycles. The summed E-state index contributed by atoms with van der Waals surface area (Å²) in [4.78, 5) is 30.0. The van der Waals surface area contributed by atoms with Crippen molar-refractivity contribution in [1.29, 1.82) is 0 Å². The number of rotatable bonds is 4. The molecule has 176 valence electrons. The fraction of sp³-hybridized carbons (Fsp3) is 0.577. The number of carbonyl (C=O) groups excluding carboxylic acids is 1. The summed E-state index contributed by atoms with van der Waals surface area (Å²) in [6.45, 7) is 6.33. The monoisotopic (exact) mass is 449 g/mol. The molecular formula is C26H35N5O2. The Morgan fingerprint density at radius 2 is 1.88 bits per heavy atom. The summed E-state index contributed by atoms with van der Waals surface area (Å²) >= 11 is 0. The minimum absolute atomic E-state index is 0.0840. The van der Waals surface area contributed by atoms with Crippen LogP contribution in [-0.2, 0) is 17.7 Å². The minimum Gasteiger partial charge on any atom is -0.378 e. The van der Waals surface area contributed by atoms with Crippen LogP contribution in [-0.4, -0.2) is 66.7 Å². The Balaban J connectivity index is 1.46. The number of benzene rings is 1. The first kappa shape index (κ1) is 22.1. The van der Waals surface area contributed by atoms with E-state index in [-0.39, 0.29) is 5.91 Å². The number of morpholine rings is 1. The summed E-state index contributed by atoms with van der Waals surface area (Å²) in [6, 6.07) is 8.37. The Bertz CT molecular complexity index is 998. The second-order valence-electron chi connectivity index (χ2n) is 9.62. The van der Waals surface area contributed by atoms with E-state index in [4.69, 9.17) is 14.7 Å². The van der Waals surface area contributed by atoms with Gasteiger partial charge in [-0.25, -0.2) is 4.98 Å². The maximum atomic E-state index is 13.3. The summed E-state index contributed by atoms with van der Waals surface area (Å²) in [6.07, 6.45) is 7.08. The van der Waals surface area contributed by atoms with Crippen molar-refractivity contribution in [2.45, 2.75) is 58.0 Å². The van der Waals surface area contributed by atoms with Crippen molar-refractivity contribution >= 4 is 17.7 Å². The van der Waals surface area contributed by atoms with Gasteiger partial charge in [-0.2, -0.15) is 4.98 Å². The molecule has 7 nitrogen and oxygen atoms in total. The summed E-state index contributed by atoms with van der Waals surface area (Å²) in [5.74, 6) is 1.91. The van der Waals surface area contributed by atoms with E-state index < -0.39 is 0 Å². The van der Waals surface area contributed by atoms with Crippen LogP contribution < -0.4 is 9.80 Å². The average Bonchev–Trinajstić information content (AvgIpc) is 2.88. The molecule has 2 fully saturated rings. The second kappa shape index (κ2) is 9.67. The van der Waals surface area contributed by atoms with Gasteiger partial charge in [0.1, 0.15) is 5.82 Å². The minimum atomic E-state index is 0.0840. The zero-order chi connectivity index (χ0) is 22.8. The van der Waals surface area contributed by atoms with E-state index in [0.29, 0.717) is 32.3 Å². The maximum Gasteiger partial charge on any atom is 0.254 e. The van der Waals surface area contributed by atoms with Crippen LogP contribution in [0.2, 0.25) is 0 Å². The molecule has 0 bridgehead atoms. The molecule has 2 aliphatic heterocycles. The molecule has 5 rings (SSSR count). The molecule has 1 aromatic carbocycles. The van der Waals surface area contributed by atoms with E-state index in [0.717, 1.165) is 53.7 Å². The van der Waals surface area contributed by atoms with Crippen LogP contribution in [0.4, 0.5) is 11.8 Å². The molecular weight excluding hydrogens is 414 g/mol. The number of aryl methyl sites for hydroxylation is 1. The molecule has 0 atom stereocenters. The van der Waals surface area contributed by atoms with Gasteiger partial charge in [0.25, 0.3) is 5.91 Å². The van der Waals surface area contributed by atoms with E-state index in [1.54, 1.807) is 0 Å². The quantitative estimate of drug-likeness (QED) is 0.711. The SMILES string of the molecule is Cc1cccc(C(=O)N2CCc3nc(N(C)C4CCCCC4)nc(N4CCOCC4)c3C2)c1. The number of amides is 1. The molecule has 0 radical (unpaired) electrons. The summed E-state index contributed by atoms with van der Waals surface area (Å²) < 4.78 is 5.61. The molecule has 2 aromatic rings. The molecule has 0 N–H and O–H groups in total. The van der Waals surface area contributed by atoms with Gasteiger partial charge in [-0.1, -0.05) is 37.0 Å². The number of hydrogen-bond acceptors (Lipinski definition) is 6. The van der Waals surface area contributed by atoms with Crippen molar-refractivity contribution in [3.05, 3.63) is 46.6 Å². The molecule has 0 unspecified atom stereocenters. The van der Waals surface area contributed by atoms with Crippen molar-refractivity contribution in [1.82, 2.24) is 14.9 Å². The summed E-state index contributed by atoms with van der Waals surface area (Å²) in [7, 11) is 2.15. The van der Waals surface area contributed by atoms with Crippen molar-refractivity contribution in [3.63, 3.8) is 0 Å². The Kier molecular flexibility index (Phi) is 6.49. The fourth-order valence-electron chi connectivity index (χ4n) is 5.34. The summed E-state index contributed by atoms with van der Waals surface area (Å²) in [5, 5.41) is 0. The predicted octanol–water partition coefficient (Wildman–Crippen LogP) is 3.59. The van der Waals surface area contributed by atoms with Crippen molar-refractivity contribution in [2.24, 2.45) is 0 Å². The zero-order valence-electron chi connectivity index (χ0n) is 19.9. The first-order valence-electron chi connectivity index (χ1n) is 12.4. The zero-order valence-corrected chi connectivity index (χ0v) is 19.9. The topological polar surface area (TPSA) is 61.8 Å². The van der Waals surface area contributed by atoms with Crippen LogP contribution in [0.1, 0.15) is 59.3 Å². The van der Waals surface area contributed by atoms with Gasteiger partial charge in [0.2, 0.25) is 5.95 Å². The van der Waals surface area contributed by atoms with Gasteiger partial charge in [0, 0.05) is 50.3 Å². The molecule has 1 amide bonds. The van der Waals surface area contributed by atoms with Crippen molar-refractivity contribution in [3.8, 4) is 0 Å². The third-order valence-corrected chi connectivity index (χ3v) is 7.33. The summed E-state index contributed by atoms with van der Waals surface area (Å²) in [5.41, 5.74) is 4.05. The molecule has 3 heterocycles. The fourth-order valence-corrected chi connectivity index (χ4v) is 5.34. The lowest BCUT2D eigenvalue weighted by Gasteiger charge is -2.37. The predicted molar refractivity (Wildman–Crippen MR) is 130 cm³/mol. The van der Waals surface area contributed by atoms with Gasteiger partial charge in [-0.15, -0.1) is 0 Å². The highest BCUT2D eigenvalue weighted by molar-refractivity contribution is 5.94. The molecule has 1 saturated carbocycles. The standard InChI is InChI=1S/C26H35N5O2/c1-19-7-6-8-20(17-19)25(32)31-12-11-23-22(18-31)24(30-13-15-33-16-14-30)28-26(27-23)29(2)21-9-4-3-5-10-21/h6-8,17,21H,3-5,9-16,18H2,1-2H3. The largest absolute Gasteiger partial charge is 0.378 e. The molecule has 3 aliphatic rings. The number of nitrogens with zero attached hydrogens (tertiary/aromatic N) is 5. The Morgan fingerprint density at radius 1 is 1.09 bits per heavy atom. The Hall–Kier alpha value is -2.67. The number of aromatic nitrogens is 2. The van der Waals surface area contributed by atoms with Crippen LogP contribution in [0, 0.1) is 6.92 Å². The van der Waals surface area contributed by atoms with E-state index in [2.05, 4.69) is 16.8 Å². The smallest absolute Gasteiger partial charge is 0.254 e. The molecule has 0 spiro atoms. The van der Waals surface area contributed by atoms with Crippen molar-refractivity contribution in [2.75, 3.05) is 49.7 Å². The Labute approximate surface area is 196 Å². The molecule has 1 aliphatic carbocycles. The lowest BCUT2D eigenvalue weighted by Crippen LogP contribution is -2.42. The highest BCUT2D eigenvalue weighted by Crippen LogP contribution is 2.32. The normalized spacial score (nSPS) is 19.3. The Morgan fingerprint density at radius 3 is 2.64 bits per heavy atom. The van der Waals surface area contributed by atoms with Gasteiger partial charge < -0.3 is 19.4 Å². The number of fused-ring (bicyclic) bond motifs is 1. The van der Waals surface area contributed by atoms with Crippen LogP contribution in [0.15, 0.2) is 24.3 Å². The van der Waals surface area contributed by atoms with Gasteiger partial charge in [-0.05, 0) is 31.9 Å². The first-order valence-corrected chi connectivity index (χ1v) is 12.4. The lowest BCUT2D eigenvalue weighted by molar-refractivity contribution is 0.0733. The first-order chi connectivity index (χ1) is 16.1. The third kappa shape index (κ3) is 4.69. The van der Waals surface area contributed by atoms with Crippen LogP contribution in [0.3, 0.4) is 0 Å². The third-order valence-electron chi connectivity index (χ3n) is 7.33. The van der Waals surface area contributed by atoms with Gasteiger partial charge in [0.05, 0.1) is 25.5 Å². The van der Waals surface area contributed by atoms with Gasteiger partial charge in [0.15, 0.2) is 0 Å². The number of hydrogen-bond donors (Lipinski definition) is 0. The highest BCUT2D eigenvalue weighted by atomic mass is 16.5. The maximum absolute atomic E-state index is 13.3. The average molecular weight is 450 g/mol.